The number of methoxy groups -OCH3 is 1. The van der Waals surface area contributed by atoms with Gasteiger partial charge in [0.25, 0.3) is 0 Å². The first-order valence-corrected chi connectivity index (χ1v) is 11.1. The van der Waals surface area contributed by atoms with Gasteiger partial charge in [0.15, 0.2) is 0 Å². The summed E-state index contributed by atoms with van der Waals surface area (Å²) in [4.78, 5) is 52.0. The number of aliphatic hydroxyl groups excluding tert-OH is 1. The minimum atomic E-state index is -1.16. The van der Waals surface area contributed by atoms with Crippen LogP contribution in [0.2, 0.25) is 0 Å². The number of ether oxygens (including phenoxy) is 2. The highest BCUT2D eigenvalue weighted by atomic mass is 16.6. The van der Waals surface area contributed by atoms with Gasteiger partial charge < -0.3 is 30.1 Å². The van der Waals surface area contributed by atoms with Crippen molar-refractivity contribution in [2.45, 2.75) is 59.2 Å². The van der Waals surface area contributed by atoms with Crippen LogP contribution >= 0.6 is 0 Å². The number of aliphatic hydroxyl groups is 1. The van der Waals surface area contributed by atoms with Crippen molar-refractivity contribution in [3.8, 4) is 0 Å². The summed E-state index contributed by atoms with van der Waals surface area (Å²) in [6, 6.07) is 4.82. The van der Waals surface area contributed by atoms with E-state index in [-0.39, 0.29) is 19.0 Å². The Hall–Kier alpha value is -3.14. The number of aryl methyl sites for hydroxylation is 1. The quantitative estimate of drug-likeness (QED) is 0.435. The van der Waals surface area contributed by atoms with Gasteiger partial charge in [0, 0.05) is 6.54 Å². The predicted octanol–water partition coefficient (Wildman–Crippen LogP) is 1.70. The third-order valence-electron chi connectivity index (χ3n) is 4.78. The molecular weight excluding hydrogens is 442 g/mol. The molecule has 190 valence electrons. The topological polar surface area (TPSA) is 134 Å². The zero-order chi connectivity index (χ0) is 26.1. The van der Waals surface area contributed by atoms with E-state index in [4.69, 9.17) is 4.74 Å². The third-order valence-corrected chi connectivity index (χ3v) is 4.78. The molecule has 3 amide bonds. The Bertz CT molecular complexity index is 864. The van der Waals surface area contributed by atoms with Crippen LogP contribution in [0.25, 0.3) is 0 Å². The first-order valence-electron chi connectivity index (χ1n) is 11.1. The number of nitrogens with zero attached hydrogens (tertiary/aromatic N) is 1. The molecule has 0 aliphatic heterocycles. The van der Waals surface area contributed by atoms with Crippen LogP contribution in [0.3, 0.4) is 0 Å². The Morgan fingerprint density at radius 3 is 2.29 bits per heavy atom. The van der Waals surface area contributed by atoms with Crippen LogP contribution < -0.4 is 10.6 Å². The molecule has 0 aliphatic carbocycles. The molecule has 0 fully saturated rings. The lowest BCUT2D eigenvalue weighted by Gasteiger charge is -2.35. The lowest BCUT2D eigenvalue weighted by molar-refractivity contribution is -0.145. The van der Waals surface area contributed by atoms with Crippen LogP contribution in [-0.2, 0) is 23.9 Å². The van der Waals surface area contributed by atoms with Gasteiger partial charge >= 0.3 is 12.1 Å². The van der Waals surface area contributed by atoms with E-state index in [1.807, 2.05) is 13.0 Å². The number of hydrogen-bond acceptors (Lipinski definition) is 7. The van der Waals surface area contributed by atoms with Crippen molar-refractivity contribution >= 4 is 23.9 Å². The first kappa shape index (κ1) is 28.9. The molecule has 1 aromatic carbocycles. The summed E-state index contributed by atoms with van der Waals surface area (Å²) in [5.41, 5.74) is 0.577. The van der Waals surface area contributed by atoms with E-state index in [2.05, 4.69) is 15.4 Å². The molecule has 10 nitrogen and oxygen atoms in total. The Balaban J connectivity index is 3.38. The SMILES string of the molecule is COC(=O)CNC(=O)C(c1cccc(C)c1)N(CCO)C(=O)C(NC(=O)OC(C)(C)C)C(C)C. The van der Waals surface area contributed by atoms with Crippen molar-refractivity contribution in [3.05, 3.63) is 35.4 Å². The van der Waals surface area contributed by atoms with Crippen LogP contribution in [0, 0.1) is 12.8 Å². The van der Waals surface area contributed by atoms with Gasteiger partial charge in [-0.3, -0.25) is 14.4 Å². The summed E-state index contributed by atoms with van der Waals surface area (Å²) in [5.74, 6) is -2.20. The Morgan fingerprint density at radius 1 is 1.15 bits per heavy atom. The van der Waals surface area contributed by atoms with Crippen LogP contribution in [0.5, 0.6) is 0 Å². The highest BCUT2D eigenvalue weighted by Crippen LogP contribution is 2.24. The molecule has 0 aliphatic rings. The number of benzene rings is 1. The minimum Gasteiger partial charge on any atom is -0.468 e. The number of carbonyl (C=O) groups excluding carboxylic acids is 4. The maximum absolute atomic E-state index is 13.6. The van der Waals surface area contributed by atoms with E-state index >= 15 is 0 Å². The summed E-state index contributed by atoms with van der Waals surface area (Å²) < 4.78 is 9.87. The summed E-state index contributed by atoms with van der Waals surface area (Å²) in [7, 11) is 1.20. The van der Waals surface area contributed by atoms with Crippen molar-refractivity contribution in [3.63, 3.8) is 0 Å². The van der Waals surface area contributed by atoms with Crippen molar-refractivity contribution in [1.29, 1.82) is 0 Å². The zero-order valence-corrected chi connectivity index (χ0v) is 21.0. The summed E-state index contributed by atoms with van der Waals surface area (Å²) in [6.45, 7) is 9.46. The smallest absolute Gasteiger partial charge is 0.408 e. The van der Waals surface area contributed by atoms with E-state index in [1.54, 1.807) is 52.8 Å². The monoisotopic (exact) mass is 479 g/mol. The lowest BCUT2D eigenvalue weighted by Crippen LogP contribution is -2.55. The molecule has 0 saturated heterocycles. The molecule has 1 aromatic rings. The van der Waals surface area contributed by atoms with Gasteiger partial charge in [-0.1, -0.05) is 43.7 Å². The molecule has 1 rings (SSSR count). The van der Waals surface area contributed by atoms with Crippen LogP contribution in [-0.4, -0.2) is 72.3 Å². The summed E-state index contributed by atoms with van der Waals surface area (Å²) >= 11 is 0. The average molecular weight is 480 g/mol. The molecular formula is C24H37N3O7. The molecule has 0 spiro atoms. The Labute approximate surface area is 201 Å². The predicted molar refractivity (Wildman–Crippen MR) is 126 cm³/mol. The van der Waals surface area contributed by atoms with Crippen LogP contribution in [0.1, 0.15) is 51.8 Å². The molecule has 0 bridgehead atoms. The number of alkyl carbamates (subject to hydrolysis) is 1. The van der Waals surface area contributed by atoms with E-state index < -0.39 is 48.2 Å². The van der Waals surface area contributed by atoms with E-state index in [0.717, 1.165) is 5.56 Å². The number of esters is 1. The Kier molecular flexibility index (Phi) is 11.0. The first-order chi connectivity index (χ1) is 15.8. The lowest BCUT2D eigenvalue weighted by atomic mass is 9.98. The van der Waals surface area contributed by atoms with Crippen molar-refractivity contribution in [2.75, 3.05) is 26.8 Å². The van der Waals surface area contributed by atoms with E-state index in [1.165, 1.54) is 12.0 Å². The summed E-state index contributed by atoms with van der Waals surface area (Å²) in [5, 5.41) is 14.8. The van der Waals surface area contributed by atoms with Gasteiger partial charge in [-0.05, 0) is 39.2 Å². The van der Waals surface area contributed by atoms with E-state index in [9.17, 15) is 24.3 Å². The number of carbonyl (C=O) groups is 4. The van der Waals surface area contributed by atoms with Gasteiger partial charge in [-0.2, -0.15) is 0 Å². The van der Waals surface area contributed by atoms with Crippen molar-refractivity contribution < 1.29 is 33.8 Å². The fourth-order valence-corrected chi connectivity index (χ4v) is 3.24. The standard InChI is InChI=1S/C24H37N3O7/c1-15(2)19(26-23(32)34-24(4,5)6)22(31)27(11-12-28)20(17-10-8-9-16(3)13-17)21(30)25-14-18(29)33-7/h8-10,13,15,19-20,28H,11-12,14H2,1-7H3,(H,25,30)(H,26,32). The van der Waals surface area contributed by atoms with Crippen LogP contribution in [0.15, 0.2) is 24.3 Å². The number of amides is 3. The third kappa shape index (κ3) is 9.01. The molecule has 2 unspecified atom stereocenters. The van der Waals surface area contributed by atoms with Crippen molar-refractivity contribution in [1.82, 2.24) is 15.5 Å². The number of rotatable bonds is 10. The van der Waals surface area contributed by atoms with Crippen molar-refractivity contribution in [2.24, 2.45) is 5.92 Å². The summed E-state index contributed by atoms with van der Waals surface area (Å²) in [6.07, 6.45) is -0.772. The molecule has 3 N–H and O–H groups in total. The molecule has 0 saturated carbocycles. The van der Waals surface area contributed by atoms with Crippen LogP contribution in [0.4, 0.5) is 4.79 Å². The fraction of sp³-hybridized carbons (Fsp3) is 0.583. The second-order valence-corrected chi connectivity index (χ2v) is 9.23. The molecule has 2 atom stereocenters. The molecule has 10 heteroatoms. The average Bonchev–Trinajstić information content (AvgIpc) is 2.73. The largest absolute Gasteiger partial charge is 0.468 e. The van der Waals surface area contributed by atoms with E-state index in [0.29, 0.717) is 5.56 Å². The second-order valence-electron chi connectivity index (χ2n) is 9.23. The maximum Gasteiger partial charge on any atom is 0.408 e. The van der Waals surface area contributed by atoms with Gasteiger partial charge in [-0.15, -0.1) is 0 Å². The second kappa shape index (κ2) is 12.9. The number of hydrogen-bond donors (Lipinski definition) is 3. The minimum absolute atomic E-state index is 0.178. The highest BCUT2D eigenvalue weighted by molar-refractivity contribution is 5.93. The van der Waals surface area contributed by atoms with Gasteiger partial charge in [-0.25, -0.2) is 4.79 Å². The zero-order valence-electron chi connectivity index (χ0n) is 21.0. The maximum atomic E-state index is 13.6. The normalized spacial score (nSPS) is 13.0. The van der Waals surface area contributed by atoms with Gasteiger partial charge in [0.05, 0.1) is 13.7 Å². The molecule has 0 aromatic heterocycles. The van der Waals surface area contributed by atoms with Gasteiger partial charge in [0.2, 0.25) is 11.8 Å². The highest BCUT2D eigenvalue weighted by Gasteiger charge is 2.37. The Morgan fingerprint density at radius 2 is 1.79 bits per heavy atom. The molecule has 0 heterocycles. The molecule has 34 heavy (non-hydrogen) atoms. The molecule has 0 radical (unpaired) electrons. The number of nitrogens with one attached hydrogen (secondary N) is 2. The fourth-order valence-electron chi connectivity index (χ4n) is 3.24. The van der Waals surface area contributed by atoms with Gasteiger partial charge in [0.1, 0.15) is 24.2 Å².